The van der Waals surface area contributed by atoms with Crippen molar-refractivity contribution in [2.45, 2.75) is 30.9 Å². The molecule has 1 fully saturated rings. The van der Waals surface area contributed by atoms with Gasteiger partial charge in [0.2, 0.25) is 0 Å². The second-order valence-corrected chi connectivity index (χ2v) is 8.71. The van der Waals surface area contributed by atoms with Crippen LogP contribution in [0.2, 0.25) is 0 Å². The number of hydrogen-bond acceptors (Lipinski definition) is 5. The summed E-state index contributed by atoms with van der Waals surface area (Å²) in [4.78, 5) is 25.6. The molecule has 1 aliphatic heterocycles. The normalized spacial score (nSPS) is 17.1. The van der Waals surface area contributed by atoms with E-state index in [2.05, 4.69) is 17.4 Å². The van der Waals surface area contributed by atoms with Crippen LogP contribution in [-0.4, -0.2) is 64.6 Å². The Kier molecular flexibility index (Phi) is 5.03. The highest BCUT2D eigenvalue weighted by molar-refractivity contribution is 5.84. The number of carboxylic acid groups (broad SMARTS) is 1. The van der Waals surface area contributed by atoms with Crippen LogP contribution < -0.4 is 5.32 Å². The second kappa shape index (κ2) is 7.41. The van der Waals surface area contributed by atoms with Gasteiger partial charge < -0.3 is 19.8 Å². The molecule has 4 rings (SSSR count). The van der Waals surface area contributed by atoms with Gasteiger partial charge >= 0.3 is 12.1 Å². The lowest BCUT2D eigenvalue weighted by atomic mass is 9.89. The molecule has 1 aliphatic carbocycles. The maximum Gasteiger partial charge on any atom is 0.409 e. The lowest BCUT2D eigenvalue weighted by molar-refractivity contribution is -0.152. The van der Waals surface area contributed by atoms with Gasteiger partial charge in [0.1, 0.15) is 6.61 Å². The zero-order valence-electron chi connectivity index (χ0n) is 17.1. The number of benzene rings is 2. The van der Waals surface area contributed by atoms with E-state index in [1.54, 1.807) is 13.8 Å². The summed E-state index contributed by atoms with van der Waals surface area (Å²) in [7, 11) is 0. The Morgan fingerprint density at radius 2 is 1.63 bits per heavy atom. The highest BCUT2D eigenvalue weighted by atomic mass is 16.6. The minimum Gasteiger partial charge on any atom is -0.480 e. The first-order valence-corrected chi connectivity index (χ1v) is 10.0. The number of hydrogen-bond donors (Lipinski definition) is 3. The molecule has 0 aromatic heterocycles. The summed E-state index contributed by atoms with van der Waals surface area (Å²) in [5.74, 6) is -1.09. The lowest BCUT2D eigenvalue weighted by Gasteiger charge is -2.47. The van der Waals surface area contributed by atoms with Gasteiger partial charge in [-0.05, 0) is 36.1 Å². The van der Waals surface area contributed by atoms with E-state index >= 15 is 0 Å². The molecule has 3 N–H and O–H groups in total. The fourth-order valence-electron chi connectivity index (χ4n) is 4.13. The van der Waals surface area contributed by atoms with E-state index in [4.69, 9.17) is 4.74 Å². The molecule has 30 heavy (non-hydrogen) atoms. The van der Waals surface area contributed by atoms with Crippen LogP contribution in [0.1, 0.15) is 30.9 Å². The minimum absolute atomic E-state index is 0.00487. The van der Waals surface area contributed by atoms with E-state index in [0.29, 0.717) is 0 Å². The molecule has 0 saturated carbocycles. The molecule has 7 nitrogen and oxygen atoms in total. The predicted octanol–water partition coefficient (Wildman–Crippen LogP) is 2.44. The van der Waals surface area contributed by atoms with Gasteiger partial charge in [0.05, 0.1) is 18.7 Å². The van der Waals surface area contributed by atoms with Crippen LogP contribution in [0.3, 0.4) is 0 Å². The smallest absolute Gasteiger partial charge is 0.409 e. The molecule has 1 heterocycles. The van der Waals surface area contributed by atoms with E-state index < -0.39 is 23.2 Å². The first kappa shape index (κ1) is 20.4. The summed E-state index contributed by atoms with van der Waals surface area (Å²) in [6, 6.07) is 16.2. The molecule has 2 aliphatic rings. The third kappa shape index (κ3) is 3.66. The lowest BCUT2D eigenvalue weighted by Crippen LogP contribution is -2.75. The second-order valence-electron chi connectivity index (χ2n) is 8.71. The molecule has 2 aromatic rings. The van der Waals surface area contributed by atoms with Gasteiger partial charge in [0, 0.05) is 12.5 Å². The van der Waals surface area contributed by atoms with Crippen molar-refractivity contribution in [3.63, 3.8) is 0 Å². The van der Waals surface area contributed by atoms with Gasteiger partial charge in [0.25, 0.3) is 0 Å². The molecular formula is C23H26N2O5. The Hall–Kier alpha value is -2.90. The minimum atomic E-state index is -1.26. The molecular weight excluding hydrogens is 384 g/mol. The number of aliphatic hydroxyl groups is 1. The zero-order chi connectivity index (χ0) is 21.5. The van der Waals surface area contributed by atoms with Crippen LogP contribution in [0.5, 0.6) is 0 Å². The SMILES string of the molecule is CC(C)(O)CNC1(C(=O)O)CN(C(=O)OCC2c3ccccc3-c3ccccc32)C1. The largest absolute Gasteiger partial charge is 0.480 e. The number of fused-ring (bicyclic) bond motifs is 3. The fraction of sp³-hybridized carbons (Fsp3) is 0.391. The zero-order valence-corrected chi connectivity index (χ0v) is 17.1. The van der Waals surface area contributed by atoms with E-state index in [-0.39, 0.29) is 32.2 Å². The summed E-state index contributed by atoms with van der Waals surface area (Å²) in [5, 5.41) is 22.3. The van der Waals surface area contributed by atoms with Crippen molar-refractivity contribution < 1.29 is 24.5 Å². The van der Waals surface area contributed by atoms with Crippen LogP contribution in [0.4, 0.5) is 4.79 Å². The number of amides is 1. The number of nitrogens with one attached hydrogen (secondary N) is 1. The Morgan fingerprint density at radius 3 is 2.13 bits per heavy atom. The van der Waals surface area contributed by atoms with Crippen molar-refractivity contribution in [2.24, 2.45) is 0 Å². The van der Waals surface area contributed by atoms with Crippen LogP contribution in [0.25, 0.3) is 11.1 Å². The average Bonchev–Trinajstić information content (AvgIpc) is 2.98. The van der Waals surface area contributed by atoms with Gasteiger partial charge in [0.15, 0.2) is 5.54 Å². The number of rotatable bonds is 6. The van der Waals surface area contributed by atoms with Crippen molar-refractivity contribution in [3.05, 3.63) is 59.7 Å². The van der Waals surface area contributed by atoms with Crippen molar-refractivity contribution in [1.82, 2.24) is 10.2 Å². The number of likely N-dealkylation sites (tertiary alicyclic amines) is 1. The average molecular weight is 410 g/mol. The molecule has 158 valence electrons. The van der Waals surface area contributed by atoms with E-state index in [1.165, 1.54) is 4.90 Å². The third-order valence-corrected chi connectivity index (χ3v) is 5.78. The van der Waals surface area contributed by atoms with Crippen molar-refractivity contribution in [3.8, 4) is 11.1 Å². The molecule has 0 unspecified atom stereocenters. The summed E-state index contributed by atoms with van der Waals surface area (Å²) in [6.45, 7) is 3.48. The highest BCUT2D eigenvalue weighted by Crippen LogP contribution is 2.44. The summed E-state index contributed by atoms with van der Waals surface area (Å²) < 4.78 is 5.58. The van der Waals surface area contributed by atoms with Crippen LogP contribution in [0.15, 0.2) is 48.5 Å². The fourth-order valence-corrected chi connectivity index (χ4v) is 4.13. The Labute approximate surface area is 175 Å². The Balaban J connectivity index is 1.40. The first-order chi connectivity index (χ1) is 14.2. The van der Waals surface area contributed by atoms with Gasteiger partial charge in [-0.2, -0.15) is 0 Å². The Bertz CT molecular complexity index is 930. The highest BCUT2D eigenvalue weighted by Gasteiger charge is 2.52. The molecule has 0 bridgehead atoms. The number of β-amino-alcohol motifs (C(OH)–C–C–N with tert-alkyl or cyclic N) is 1. The maximum absolute atomic E-state index is 12.6. The number of carboxylic acids is 1. The predicted molar refractivity (Wildman–Crippen MR) is 111 cm³/mol. The van der Waals surface area contributed by atoms with Crippen molar-refractivity contribution in [1.29, 1.82) is 0 Å². The standard InChI is InChI=1S/C23H26N2O5/c1-22(2,29)12-24-23(20(26)27)13-25(14-23)21(28)30-11-19-17-9-5-3-7-15(17)16-8-4-6-10-18(16)19/h3-10,19,24,29H,11-14H2,1-2H3,(H,26,27). The molecule has 0 spiro atoms. The number of carbonyl (C=O) groups is 2. The van der Waals surface area contributed by atoms with E-state index in [0.717, 1.165) is 22.3 Å². The number of aliphatic carboxylic acids is 1. The molecule has 1 amide bonds. The summed E-state index contributed by atoms with van der Waals surface area (Å²) in [5.41, 5.74) is 2.25. The van der Waals surface area contributed by atoms with E-state index in [9.17, 15) is 19.8 Å². The van der Waals surface area contributed by atoms with Crippen LogP contribution in [-0.2, 0) is 9.53 Å². The van der Waals surface area contributed by atoms with Gasteiger partial charge in [-0.25, -0.2) is 4.79 Å². The Morgan fingerprint density at radius 1 is 1.10 bits per heavy atom. The maximum atomic E-state index is 12.6. The van der Waals surface area contributed by atoms with Gasteiger partial charge in [-0.3, -0.25) is 10.1 Å². The van der Waals surface area contributed by atoms with Crippen LogP contribution >= 0.6 is 0 Å². The summed E-state index contributed by atoms with van der Waals surface area (Å²) in [6.07, 6.45) is -0.529. The van der Waals surface area contributed by atoms with E-state index in [1.807, 2.05) is 36.4 Å². The van der Waals surface area contributed by atoms with Crippen molar-refractivity contribution >= 4 is 12.1 Å². The third-order valence-electron chi connectivity index (χ3n) is 5.78. The number of carbonyl (C=O) groups excluding carboxylic acids is 1. The molecule has 2 aromatic carbocycles. The monoisotopic (exact) mass is 410 g/mol. The van der Waals surface area contributed by atoms with Crippen LogP contribution in [0, 0.1) is 0 Å². The molecule has 1 saturated heterocycles. The molecule has 0 radical (unpaired) electrons. The van der Waals surface area contributed by atoms with Gasteiger partial charge in [-0.1, -0.05) is 48.5 Å². The van der Waals surface area contributed by atoms with Gasteiger partial charge in [-0.15, -0.1) is 0 Å². The number of ether oxygens (including phenoxy) is 1. The number of nitrogens with zero attached hydrogens (tertiary/aromatic N) is 1. The topological polar surface area (TPSA) is 99.1 Å². The molecule has 0 atom stereocenters. The summed E-state index contributed by atoms with van der Waals surface area (Å²) >= 11 is 0. The molecule has 7 heteroatoms. The van der Waals surface area contributed by atoms with Crippen molar-refractivity contribution in [2.75, 3.05) is 26.2 Å². The first-order valence-electron chi connectivity index (χ1n) is 10.0. The quantitative estimate of drug-likeness (QED) is 0.677.